The summed E-state index contributed by atoms with van der Waals surface area (Å²) in [5, 5.41) is 2.44. The number of nitrogens with one attached hydrogen (secondary N) is 1. The number of rotatable bonds is 0. The summed E-state index contributed by atoms with van der Waals surface area (Å²) in [4.78, 5) is 22.5. The van der Waals surface area contributed by atoms with Gasteiger partial charge in [0.05, 0.1) is 0 Å². The maximum atomic E-state index is 11.3. The van der Waals surface area contributed by atoms with Crippen molar-refractivity contribution in [1.29, 1.82) is 0 Å². The molecule has 0 atom stereocenters. The van der Waals surface area contributed by atoms with Crippen LogP contribution >= 0.6 is 0 Å². The van der Waals surface area contributed by atoms with E-state index in [1.807, 2.05) is 0 Å². The van der Waals surface area contributed by atoms with Crippen molar-refractivity contribution in [2.24, 2.45) is 0 Å². The van der Waals surface area contributed by atoms with Crippen molar-refractivity contribution in [3.05, 3.63) is 0 Å². The first-order valence-electron chi connectivity index (χ1n) is 6.12. The average Bonchev–Trinajstić information content (AvgIpc) is 2.21. The molecule has 0 aliphatic carbocycles. The fraction of sp³-hybridized carbons (Fsp3) is 0.833. The molecule has 1 rings (SSSR count). The monoisotopic (exact) mass is 211 g/mol. The molecular weight excluding hydrogens is 190 g/mol. The van der Waals surface area contributed by atoms with Crippen LogP contribution in [-0.4, -0.2) is 11.8 Å². The van der Waals surface area contributed by atoms with Crippen LogP contribution in [0.5, 0.6) is 0 Å². The van der Waals surface area contributed by atoms with Crippen molar-refractivity contribution in [2.45, 2.75) is 64.2 Å². The molecule has 0 aromatic heterocycles. The number of hydrogen-bond donors (Lipinski definition) is 1. The third kappa shape index (κ3) is 6.26. The SMILES string of the molecule is O=C1CCCCCCCCCCC(=O)N1. The molecule has 0 radical (unpaired) electrons. The molecule has 1 aliphatic rings. The van der Waals surface area contributed by atoms with E-state index < -0.39 is 0 Å². The lowest BCUT2D eigenvalue weighted by Gasteiger charge is -2.02. The van der Waals surface area contributed by atoms with Crippen molar-refractivity contribution >= 4 is 11.8 Å². The van der Waals surface area contributed by atoms with Gasteiger partial charge in [-0.1, -0.05) is 38.5 Å². The molecule has 15 heavy (non-hydrogen) atoms. The van der Waals surface area contributed by atoms with Gasteiger partial charge in [0.25, 0.3) is 0 Å². The van der Waals surface area contributed by atoms with Crippen LogP contribution in [-0.2, 0) is 9.59 Å². The summed E-state index contributed by atoms with van der Waals surface area (Å²) in [6.07, 6.45) is 10.1. The largest absolute Gasteiger partial charge is 0.296 e. The van der Waals surface area contributed by atoms with Gasteiger partial charge in [-0.25, -0.2) is 0 Å². The molecule has 0 saturated carbocycles. The molecule has 1 saturated heterocycles. The lowest BCUT2D eigenvalue weighted by molar-refractivity contribution is -0.130. The second-order valence-electron chi connectivity index (χ2n) is 4.30. The lowest BCUT2D eigenvalue weighted by Crippen LogP contribution is -2.29. The Morgan fingerprint density at radius 2 is 0.933 bits per heavy atom. The van der Waals surface area contributed by atoms with Crippen molar-refractivity contribution < 1.29 is 9.59 Å². The minimum Gasteiger partial charge on any atom is -0.296 e. The van der Waals surface area contributed by atoms with E-state index in [9.17, 15) is 9.59 Å². The van der Waals surface area contributed by atoms with Crippen molar-refractivity contribution in [3.8, 4) is 0 Å². The first kappa shape index (κ1) is 12.2. The maximum Gasteiger partial charge on any atom is 0.226 e. The lowest BCUT2D eigenvalue weighted by atomic mass is 10.1. The van der Waals surface area contributed by atoms with Gasteiger partial charge >= 0.3 is 0 Å². The molecule has 1 aliphatic heterocycles. The van der Waals surface area contributed by atoms with Gasteiger partial charge in [0.1, 0.15) is 0 Å². The Bertz CT molecular complexity index is 192. The summed E-state index contributed by atoms with van der Waals surface area (Å²) in [7, 11) is 0. The number of carbonyl (C=O) groups excluding carboxylic acids is 2. The van der Waals surface area contributed by atoms with Crippen molar-refractivity contribution in [1.82, 2.24) is 5.32 Å². The molecule has 1 heterocycles. The minimum atomic E-state index is -0.0979. The van der Waals surface area contributed by atoms with Crippen LogP contribution in [0.3, 0.4) is 0 Å². The highest BCUT2D eigenvalue weighted by atomic mass is 16.2. The Kier molecular flexibility index (Phi) is 6.05. The van der Waals surface area contributed by atoms with Crippen LogP contribution in [0.1, 0.15) is 64.2 Å². The normalized spacial score (nSPS) is 22.1. The fourth-order valence-electron chi connectivity index (χ4n) is 1.91. The quantitative estimate of drug-likeness (QED) is 0.626. The van der Waals surface area contributed by atoms with Gasteiger partial charge in [0.2, 0.25) is 11.8 Å². The number of imide groups is 1. The van der Waals surface area contributed by atoms with E-state index in [1.54, 1.807) is 0 Å². The van der Waals surface area contributed by atoms with Gasteiger partial charge in [-0.3, -0.25) is 14.9 Å². The first-order chi connectivity index (χ1) is 7.29. The van der Waals surface area contributed by atoms with E-state index in [1.165, 1.54) is 25.7 Å². The fourth-order valence-corrected chi connectivity index (χ4v) is 1.91. The number of carbonyl (C=O) groups is 2. The smallest absolute Gasteiger partial charge is 0.226 e. The van der Waals surface area contributed by atoms with Crippen LogP contribution < -0.4 is 5.32 Å². The molecule has 3 nitrogen and oxygen atoms in total. The Balaban J connectivity index is 2.29. The highest BCUT2D eigenvalue weighted by Gasteiger charge is 2.07. The van der Waals surface area contributed by atoms with Crippen LogP contribution in [0.15, 0.2) is 0 Å². The zero-order valence-corrected chi connectivity index (χ0v) is 9.39. The van der Waals surface area contributed by atoms with Gasteiger partial charge < -0.3 is 0 Å². The van der Waals surface area contributed by atoms with Crippen LogP contribution in [0.2, 0.25) is 0 Å². The Morgan fingerprint density at radius 1 is 0.600 bits per heavy atom. The summed E-state index contributed by atoms with van der Waals surface area (Å²) < 4.78 is 0. The molecule has 86 valence electrons. The van der Waals surface area contributed by atoms with E-state index >= 15 is 0 Å². The van der Waals surface area contributed by atoms with Crippen LogP contribution in [0.25, 0.3) is 0 Å². The summed E-state index contributed by atoms with van der Waals surface area (Å²) in [6, 6.07) is 0. The molecule has 2 amide bonds. The highest BCUT2D eigenvalue weighted by Crippen LogP contribution is 2.11. The summed E-state index contributed by atoms with van der Waals surface area (Å²) >= 11 is 0. The third-order valence-electron chi connectivity index (χ3n) is 2.84. The van der Waals surface area contributed by atoms with E-state index in [0.717, 1.165) is 25.7 Å². The van der Waals surface area contributed by atoms with Crippen LogP contribution in [0.4, 0.5) is 0 Å². The predicted molar refractivity (Wildman–Crippen MR) is 59.3 cm³/mol. The summed E-state index contributed by atoms with van der Waals surface area (Å²) in [5.74, 6) is -0.196. The van der Waals surface area contributed by atoms with Crippen LogP contribution in [0, 0.1) is 0 Å². The summed E-state index contributed by atoms with van der Waals surface area (Å²) in [6.45, 7) is 0. The zero-order valence-electron chi connectivity index (χ0n) is 9.39. The average molecular weight is 211 g/mol. The topological polar surface area (TPSA) is 46.2 Å². The van der Waals surface area contributed by atoms with E-state index in [-0.39, 0.29) is 11.8 Å². The molecule has 1 N–H and O–H groups in total. The number of amides is 2. The minimum absolute atomic E-state index is 0.0979. The van der Waals surface area contributed by atoms with Gasteiger partial charge in [-0.15, -0.1) is 0 Å². The van der Waals surface area contributed by atoms with Gasteiger partial charge in [-0.2, -0.15) is 0 Å². The molecule has 0 unspecified atom stereocenters. The van der Waals surface area contributed by atoms with Gasteiger partial charge in [-0.05, 0) is 12.8 Å². The molecule has 3 heteroatoms. The third-order valence-corrected chi connectivity index (χ3v) is 2.84. The van der Waals surface area contributed by atoms with Crippen molar-refractivity contribution in [2.75, 3.05) is 0 Å². The molecule has 0 aromatic rings. The van der Waals surface area contributed by atoms with Gasteiger partial charge in [0, 0.05) is 12.8 Å². The molecule has 0 spiro atoms. The second kappa shape index (κ2) is 7.43. The Hall–Kier alpha value is -0.860. The predicted octanol–water partition coefficient (Wildman–Crippen LogP) is 2.54. The summed E-state index contributed by atoms with van der Waals surface area (Å²) in [5.41, 5.74) is 0. The number of hydrogen-bond acceptors (Lipinski definition) is 2. The maximum absolute atomic E-state index is 11.3. The van der Waals surface area contributed by atoms with Gasteiger partial charge in [0.15, 0.2) is 0 Å². The van der Waals surface area contributed by atoms with E-state index in [0.29, 0.717) is 12.8 Å². The highest BCUT2D eigenvalue weighted by molar-refractivity contribution is 5.95. The second-order valence-corrected chi connectivity index (χ2v) is 4.30. The molecule has 0 aromatic carbocycles. The van der Waals surface area contributed by atoms with Crippen molar-refractivity contribution in [3.63, 3.8) is 0 Å². The zero-order chi connectivity index (χ0) is 10.9. The molecular formula is C12H21NO2. The van der Waals surface area contributed by atoms with E-state index in [2.05, 4.69) is 5.32 Å². The van der Waals surface area contributed by atoms with E-state index in [4.69, 9.17) is 0 Å². The molecule has 0 bridgehead atoms. The Labute approximate surface area is 91.6 Å². The first-order valence-corrected chi connectivity index (χ1v) is 6.12. The standard InChI is InChI=1S/C12H21NO2/c14-11-9-7-5-3-1-2-4-6-8-10-12(15)13-11/h1-10H2,(H,13,14,15). The Morgan fingerprint density at radius 3 is 1.33 bits per heavy atom. The molecule has 1 fully saturated rings.